The Morgan fingerprint density at radius 2 is 1.55 bits per heavy atom. The van der Waals surface area contributed by atoms with E-state index < -0.39 is 0 Å². The molecule has 0 unspecified atom stereocenters. The van der Waals surface area contributed by atoms with E-state index in [1.165, 1.54) is 4.68 Å². The van der Waals surface area contributed by atoms with Crippen LogP contribution in [-0.2, 0) is 0 Å². The number of fused-ring (bicyclic) bond motifs is 1. The topological polar surface area (TPSA) is 65.6 Å². The molecule has 0 N–H and O–H groups in total. The number of halogens is 1. The molecule has 0 bridgehead atoms. The van der Waals surface area contributed by atoms with Crippen LogP contribution in [0.1, 0.15) is 22.7 Å². The normalized spacial score (nSPS) is 11.3. The van der Waals surface area contributed by atoms with Crippen molar-refractivity contribution in [1.29, 1.82) is 0 Å². The van der Waals surface area contributed by atoms with E-state index in [-0.39, 0.29) is 17.1 Å². The van der Waals surface area contributed by atoms with Gasteiger partial charge in [0.25, 0.3) is 5.56 Å². The summed E-state index contributed by atoms with van der Waals surface area (Å²) < 4.78 is 3.14. The smallest absolute Gasteiger partial charge is 0.284 e. The van der Waals surface area contributed by atoms with Crippen molar-refractivity contribution < 1.29 is 0 Å². The summed E-state index contributed by atoms with van der Waals surface area (Å²) in [6, 6.07) is 25.0. The maximum absolute atomic E-state index is 13.5. The van der Waals surface area contributed by atoms with Crippen molar-refractivity contribution in [2.45, 2.75) is 13.0 Å². The molecule has 0 radical (unpaired) electrons. The van der Waals surface area contributed by atoms with Crippen LogP contribution < -0.4 is 5.56 Å². The molecule has 0 spiro atoms. The molecular weight excluding hydrogens is 410 g/mol. The number of hydrogen-bond acceptors (Lipinski definition) is 4. The summed E-state index contributed by atoms with van der Waals surface area (Å²) in [5, 5.41) is 8.94. The Bertz CT molecular complexity index is 1390. The third-order valence-corrected chi connectivity index (χ3v) is 5.70. The van der Waals surface area contributed by atoms with Crippen molar-refractivity contribution in [2.75, 3.05) is 0 Å². The summed E-state index contributed by atoms with van der Waals surface area (Å²) >= 11 is 6.27. The molecule has 3 aromatic carbocycles. The molecular formula is C24H18ClN5O. The zero-order valence-corrected chi connectivity index (χ0v) is 17.4. The van der Waals surface area contributed by atoms with E-state index in [2.05, 4.69) is 15.3 Å². The van der Waals surface area contributed by atoms with E-state index in [1.807, 2.05) is 79.7 Å². The first-order valence-corrected chi connectivity index (χ1v) is 10.2. The summed E-state index contributed by atoms with van der Waals surface area (Å²) in [7, 11) is 0. The van der Waals surface area contributed by atoms with Gasteiger partial charge in [-0.1, -0.05) is 83.5 Å². The summed E-state index contributed by atoms with van der Waals surface area (Å²) in [6.07, 6.45) is 1.56. The minimum absolute atomic E-state index is 0.205. The van der Waals surface area contributed by atoms with Gasteiger partial charge in [-0.3, -0.25) is 9.36 Å². The fourth-order valence-electron chi connectivity index (χ4n) is 3.68. The largest absolute Gasteiger partial charge is 0.285 e. The highest BCUT2D eigenvalue weighted by atomic mass is 35.5. The summed E-state index contributed by atoms with van der Waals surface area (Å²) in [4.78, 5) is 18.0. The Balaban J connectivity index is 1.69. The highest BCUT2D eigenvalue weighted by Crippen LogP contribution is 2.26. The number of rotatable bonds is 4. The van der Waals surface area contributed by atoms with Gasteiger partial charge in [-0.2, -0.15) is 4.68 Å². The Hall–Kier alpha value is -3.77. The van der Waals surface area contributed by atoms with E-state index in [0.29, 0.717) is 16.4 Å². The molecule has 0 atom stereocenters. The third kappa shape index (κ3) is 3.41. The minimum atomic E-state index is -0.328. The molecule has 5 aromatic rings. The van der Waals surface area contributed by atoms with Gasteiger partial charge in [-0.05, 0) is 35.7 Å². The Kier molecular flexibility index (Phi) is 4.84. The zero-order chi connectivity index (χ0) is 21.4. The van der Waals surface area contributed by atoms with Crippen molar-refractivity contribution in [1.82, 2.24) is 24.5 Å². The van der Waals surface area contributed by atoms with E-state index >= 15 is 0 Å². The van der Waals surface area contributed by atoms with E-state index in [9.17, 15) is 4.79 Å². The standard InChI is InChI=1S/C24H18ClN5O/c1-16-12-13-19(14-20(16)25)30-23-21(27-28-30)24(31)29(15-26-23)22(17-8-4-2-5-9-17)18-10-6-3-7-11-18/h2-15,22H,1H3. The van der Waals surface area contributed by atoms with Gasteiger partial charge in [0, 0.05) is 5.02 Å². The lowest BCUT2D eigenvalue weighted by molar-refractivity contribution is 0.642. The molecule has 0 amide bonds. The highest BCUT2D eigenvalue weighted by Gasteiger charge is 2.21. The molecule has 5 rings (SSSR count). The fourth-order valence-corrected chi connectivity index (χ4v) is 3.85. The third-order valence-electron chi connectivity index (χ3n) is 5.30. The second-order valence-electron chi connectivity index (χ2n) is 7.29. The molecule has 0 aliphatic carbocycles. The molecule has 0 aliphatic rings. The number of hydrogen-bond donors (Lipinski definition) is 0. The predicted octanol–water partition coefficient (Wildman–Crippen LogP) is 4.58. The van der Waals surface area contributed by atoms with Gasteiger partial charge in [-0.15, -0.1) is 5.10 Å². The van der Waals surface area contributed by atoms with Crippen LogP contribution in [0.5, 0.6) is 0 Å². The first-order valence-electron chi connectivity index (χ1n) is 9.82. The van der Waals surface area contributed by atoms with Crippen LogP contribution in [-0.4, -0.2) is 24.5 Å². The Morgan fingerprint density at radius 1 is 0.903 bits per heavy atom. The molecule has 7 heteroatoms. The molecule has 2 aromatic heterocycles. The molecule has 0 saturated carbocycles. The fraction of sp³-hybridized carbons (Fsp3) is 0.0833. The first-order chi connectivity index (χ1) is 15.1. The van der Waals surface area contributed by atoms with Crippen LogP contribution in [0.15, 0.2) is 90.0 Å². The van der Waals surface area contributed by atoms with Crippen molar-refractivity contribution >= 4 is 22.8 Å². The van der Waals surface area contributed by atoms with Crippen molar-refractivity contribution in [3.8, 4) is 5.69 Å². The van der Waals surface area contributed by atoms with Crippen molar-refractivity contribution in [3.05, 3.63) is 117 Å². The van der Waals surface area contributed by atoms with Crippen LogP contribution in [0, 0.1) is 6.92 Å². The van der Waals surface area contributed by atoms with E-state index in [4.69, 9.17) is 11.6 Å². The number of aryl methyl sites for hydroxylation is 1. The van der Waals surface area contributed by atoms with Gasteiger partial charge in [0.1, 0.15) is 6.33 Å². The second kappa shape index (κ2) is 7.81. The summed E-state index contributed by atoms with van der Waals surface area (Å²) in [5.41, 5.74) is 3.96. The van der Waals surface area contributed by atoms with Crippen LogP contribution >= 0.6 is 11.6 Å². The molecule has 0 aliphatic heterocycles. The molecule has 0 saturated heterocycles. The van der Waals surface area contributed by atoms with Crippen LogP contribution in [0.3, 0.4) is 0 Å². The number of aromatic nitrogens is 5. The molecule has 152 valence electrons. The maximum Gasteiger partial charge on any atom is 0.284 e. The summed E-state index contributed by atoms with van der Waals surface area (Å²) in [6.45, 7) is 1.93. The van der Waals surface area contributed by atoms with E-state index in [0.717, 1.165) is 16.7 Å². The lowest BCUT2D eigenvalue weighted by atomic mass is 9.98. The Labute approximate surface area is 183 Å². The molecule has 31 heavy (non-hydrogen) atoms. The SMILES string of the molecule is Cc1ccc(-n2nnc3c(=O)n(C(c4ccccc4)c4ccccc4)cnc32)cc1Cl. The van der Waals surface area contributed by atoms with Gasteiger partial charge < -0.3 is 0 Å². The van der Waals surface area contributed by atoms with Gasteiger partial charge >= 0.3 is 0 Å². The quantitative estimate of drug-likeness (QED) is 0.421. The average Bonchev–Trinajstić information content (AvgIpc) is 3.24. The first kappa shape index (κ1) is 19.2. The predicted molar refractivity (Wildman–Crippen MR) is 121 cm³/mol. The zero-order valence-electron chi connectivity index (χ0n) is 16.7. The van der Waals surface area contributed by atoms with Crippen molar-refractivity contribution in [3.63, 3.8) is 0 Å². The van der Waals surface area contributed by atoms with Gasteiger partial charge in [0.15, 0.2) is 11.2 Å². The number of nitrogens with zero attached hydrogens (tertiary/aromatic N) is 5. The number of benzene rings is 3. The van der Waals surface area contributed by atoms with Gasteiger partial charge in [0.2, 0.25) is 0 Å². The Morgan fingerprint density at radius 3 is 2.16 bits per heavy atom. The maximum atomic E-state index is 13.5. The lowest BCUT2D eigenvalue weighted by Gasteiger charge is -2.20. The molecule has 0 fully saturated rings. The van der Waals surface area contributed by atoms with Gasteiger partial charge in [0.05, 0.1) is 11.7 Å². The minimum Gasteiger partial charge on any atom is -0.285 e. The molecule has 2 heterocycles. The van der Waals surface area contributed by atoms with Crippen LogP contribution in [0.4, 0.5) is 0 Å². The van der Waals surface area contributed by atoms with Crippen LogP contribution in [0.2, 0.25) is 5.02 Å². The van der Waals surface area contributed by atoms with E-state index in [1.54, 1.807) is 17.0 Å². The molecule has 6 nitrogen and oxygen atoms in total. The van der Waals surface area contributed by atoms with Gasteiger partial charge in [-0.25, -0.2) is 4.98 Å². The monoisotopic (exact) mass is 427 g/mol. The summed E-state index contributed by atoms with van der Waals surface area (Å²) in [5.74, 6) is 0. The average molecular weight is 428 g/mol. The van der Waals surface area contributed by atoms with Crippen LogP contribution in [0.25, 0.3) is 16.9 Å². The highest BCUT2D eigenvalue weighted by molar-refractivity contribution is 6.31. The second-order valence-corrected chi connectivity index (χ2v) is 7.70. The lowest BCUT2D eigenvalue weighted by Crippen LogP contribution is -2.27. The van der Waals surface area contributed by atoms with Crippen molar-refractivity contribution in [2.24, 2.45) is 0 Å².